The highest BCUT2D eigenvalue weighted by atomic mass is 127. The van der Waals surface area contributed by atoms with E-state index in [0.717, 1.165) is 6.54 Å². The molecule has 0 bridgehead atoms. The molecule has 1 aromatic rings. The number of halogens is 1. The van der Waals surface area contributed by atoms with Crippen LogP contribution in [-0.4, -0.2) is 30.6 Å². The van der Waals surface area contributed by atoms with Gasteiger partial charge < -0.3 is 9.47 Å². The van der Waals surface area contributed by atoms with Gasteiger partial charge in [-0.1, -0.05) is 0 Å². The van der Waals surface area contributed by atoms with Crippen LogP contribution in [0, 0.1) is 0 Å². The van der Waals surface area contributed by atoms with Gasteiger partial charge in [0.05, 0.1) is 0 Å². The van der Waals surface area contributed by atoms with Gasteiger partial charge in [-0.05, 0) is 40.2 Å². The monoisotopic (exact) mass is 282 g/mol. The Morgan fingerprint density at radius 3 is 1.58 bits per heavy atom. The Labute approximate surface area is 92.6 Å². The summed E-state index contributed by atoms with van der Waals surface area (Å²) in [4.78, 5) is 2.00. The highest BCUT2D eigenvalue weighted by Crippen LogP contribution is 1.86. The Bertz CT molecular complexity index is 156. The fraction of sp³-hybridized carbons (Fsp3) is 0.556. The Morgan fingerprint density at radius 2 is 1.42 bits per heavy atom. The van der Waals surface area contributed by atoms with Gasteiger partial charge in [0, 0.05) is 18.9 Å². The minimum Gasteiger partial charge on any atom is -0.355 e. The second-order valence-electron chi connectivity index (χ2n) is 2.86. The van der Waals surface area contributed by atoms with E-state index >= 15 is 0 Å². The van der Waals surface area contributed by atoms with Crippen LogP contribution in [0.15, 0.2) is 24.5 Å². The quantitative estimate of drug-likeness (QED) is 0.718. The SMILES string of the molecule is CCn1cccc1.CN(C)C.I. The summed E-state index contributed by atoms with van der Waals surface area (Å²) in [6.45, 7) is 3.20. The lowest BCUT2D eigenvalue weighted by molar-refractivity contribution is 0.505. The second kappa shape index (κ2) is 9.06. The predicted octanol–water partition coefficient (Wildman–Crippen LogP) is 2.30. The van der Waals surface area contributed by atoms with Crippen molar-refractivity contribution in [3.63, 3.8) is 0 Å². The van der Waals surface area contributed by atoms with Gasteiger partial charge in [-0.2, -0.15) is 0 Å². The average Bonchev–Trinajstić information content (AvgIpc) is 2.36. The predicted molar refractivity (Wildman–Crippen MR) is 65.1 cm³/mol. The van der Waals surface area contributed by atoms with Crippen molar-refractivity contribution in [2.24, 2.45) is 0 Å². The molecule has 3 heteroatoms. The van der Waals surface area contributed by atoms with Crippen molar-refractivity contribution in [1.29, 1.82) is 0 Å². The molecule has 0 saturated heterocycles. The Hall–Kier alpha value is -0.0300. The van der Waals surface area contributed by atoms with Crippen molar-refractivity contribution >= 4 is 24.0 Å². The van der Waals surface area contributed by atoms with Crippen molar-refractivity contribution in [3.8, 4) is 0 Å². The van der Waals surface area contributed by atoms with Crippen molar-refractivity contribution in [2.75, 3.05) is 21.1 Å². The Balaban J connectivity index is 0. The molecular weight excluding hydrogens is 263 g/mol. The molecule has 0 N–H and O–H groups in total. The summed E-state index contributed by atoms with van der Waals surface area (Å²) in [6.07, 6.45) is 4.11. The third-order valence-corrected chi connectivity index (χ3v) is 1.03. The molecule has 0 fully saturated rings. The third kappa shape index (κ3) is 9.97. The lowest BCUT2D eigenvalue weighted by Gasteiger charge is -1.90. The van der Waals surface area contributed by atoms with Crippen LogP contribution in [0.5, 0.6) is 0 Å². The van der Waals surface area contributed by atoms with Crippen molar-refractivity contribution in [3.05, 3.63) is 24.5 Å². The van der Waals surface area contributed by atoms with Crippen LogP contribution < -0.4 is 0 Å². The summed E-state index contributed by atoms with van der Waals surface area (Å²) in [6, 6.07) is 4.06. The summed E-state index contributed by atoms with van der Waals surface area (Å²) < 4.78 is 2.12. The smallest absolute Gasteiger partial charge is 0.0191 e. The topological polar surface area (TPSA) is 8.17 Å². The van der Waals surface area contributed by atoms with Gasteiger partial charge in [0.15, 0.2) is 0 Å². The standard InChI is InChI=1S/C6H9N.C3H9N.HI/c1-2-7-5-3-4-6-7;1-4(2)3;/h3-6H,2H2,1H3;1-3H3;1H. The first-order chi connectivity index (χ1) is 5.16. The van der Waals surface area contributed by atoms with Gasteiger partial charge >= 0.3 is 0 Å². The van der Waals surface area contributed by atoms with Gasteiger partial charge in [-0.15, -0.1) is 24.0 Å². The third-order valence-electron chi connectivity index (χ3n) is 1.03. The molecule has 1 aromatic heterocycles. The fourth-order valence-electron chi connectivity index (χ4n) is 0.581. The minimum absolute atomic E-state index is 0. The zero-order valence-corrected chi connectivity index (χ0v) is 10.6. The molecule has 0 atom stereocenters. The van der Waals surface area contributed by atoms with E-state index in [1.807, 2.05) is 38.2 Å². The number of hydrogen-bond donors (Lipinski definition) is 0. The first kappa shape index (κ1) is 14.5. The first-order valence-electron chi connectivity index (χ1n) is 3.88. The molecule has 1 heterocycles. The fourth-order valence-corrected chi connectivity index (χ4v) is 0.581. The second-order valence-corrected chi connectivity index (χ2v) is 2.86. The lowest BCUT2D eigenvalue weighted by Crippen LogP contribution is -1.99. The molecular formula is C9H19IN2. The molecule has 12 heavy (non-hydrogen) atoms. The van der Waals surface area contributed by atoms with E-state index in [2.05, 4.69) is 23.9 Å². The summed E-state index contributed by atoms with van der Waals surface area (Å²) >= 11 is 0. The highest BCUT2D eigenvalue weighted by Gasteiger charge is 1.75. The van der Waals surface area contributed by atoms with Crippen LogP contribution in [0.3, 0.4) is 0 Å². The van der Waals surface area contributed by atoms with E-state index in [4.69, 9.17) is 0 Å². The molecule has 0 amide bonds. The Morgan fingerprint density at radius 1 is 1.08 bits per heavy atom. The van der Waals surface area contributed by atoms with Crippen LogP contribution in [0.1, 0.15) is 6.92 Å². The average molecular weight is 282 g/mol. The molecule has 0 spiro atoms. The summed E-state index contributed by atoms with van der Waals surface area (Å²) in [5.41, 5.74) is 0. The molecule has 0 aliphatic carbocycles. The van der Waals surface area contributed by atoms with E-state index in [1.54, 1.807) is 0 Å². The van der Waals surface area contributed by atoms with Crippen LogP contribution in [-0.2, 0) is 6.54 Å². The highest BCUT2D eigenvalue weighted by molar-refractivity contribution is 14.0. The van der Waals surface area contributed by atoms with Crippen LogP contribution in [0.2, 0.25) is 0 Å². The molecule has 0 unspecified atom stereocenters. The molecule has 1 rings (SSSR count). The van der Waals surface area contributed by atoms with Crippen molar-refractivity contribution < 1.29 is 0 Å². The maximum Gasteiger partial charge on any atom is 0.0191 e. The zero-order valence-electron chi connectivity index (χ0n) is 8.32. The molecule has 2 nitrogen and oxygen atoms in total. The number of aromatic nitrogens is 1. The molecule has 0 aromatic carbocycles. The molecule has 0 saturated carbocycles. The van der Waals surface area contributed by atoms with Crippen molar-refractivity contribution in [1.82, 2.24) is 9.47 Å². The molecule has 0 radical (unpaired) electrons. The van der Waals surface area contributed by atoms with Gasteiger partial charge in [0.25, 0.3) is 0 Å². The van der Waals surface area contributed by atoms with E-state index < -0.39 is 0 Å². The van der Waals surface area contributed by atoms with Crippen LogP contribution >= 0.6 is 24.0 Å². The van der Waals surface area contributed by atoms with Gasteiger partial charge in [0.1, 0.15) is 0 Å². The van der Waals surface area contributed by atoms with Gasteiger partial charge in [0.2, 0.25) is 0 Å². The summed E-state index contributed by atoms with van der Waals surface area (Å²) in [5, 5.41) is 0. The molecule has 72 valence electrons. The molecule has 0 aliphatic heterocycles. The van der Waals surface area contributed by atoms with Crippen LogP contribution in [0.4, 0.5) is 0 Å². The largest absolute Gasteiger partial charge is 0.355 e. The minimum atomic E-state index is 0. The van der Waals surface area contributed by atoms with E-state index in [-0.39, 0.29) is 24.0 Å². The van der Waals surface area contributed by atoms with Crippen LogP contribution in [0.25, 0.3) is 0 Å². The zero-order chi connectivity index (χ0) is 8.69. The number of rotatable bonds is 1. The number of aryl methyl sites for hydroxylation is 1. The van der Waals surface area contributed by atoms with E-state index in [1.165, 1.54) is 0 Å². The van der Waals surface area contributed by atoms with Crippen molar-refractivity contribution in [2.45, 2.75) is 13.5 Å². The number of hydrogen-bond acceptors (Lipinski definition) is 1. The summed E-state index contributed by atoms with van der Waals surface area (Å²) in [5.74, 6) is 0. The van der Waals surface area contributed by atoms with Gasteiger partial charge in [-0.3, -0.25) is 0 Å². The van der Waals surface area contributed by atoms with Gasteiger partial charge in [-0.25, -0.2) is 0 Å². The summed E-state index contributed by atoms with van der Waals surface area (Å²) in [7, 11) is 6.00. The maximum atomic E-state index is 2.12. The maximum absolute atomic E-state index is 2.12. The first-order valence-corrected chi connectivity index (χ1v) is 3.88. The molecule has 0 aliphatic rings. The normalized spacial score (nSPS) is 8.42. The number of nitrogens with zero attached hydrogens (tertiary/aromatic N) is 2. The van der Waals surface area contributed by atoms with E-state index in [0.29, 0.717) is 0 Å². The Kier molecular flexibility index (Phi) is 10.9. The van der Waals surface area contributed by atoms with E-state index in [9.17, 15) is 0 Å². The lowest BCUT2D eigenvalue weighted by atomic mass is 10.7.